The maximum absolute atomic E-state index is 11.2. The second-order valence-corrected chi connectivity index (χ2v) is 7.26. The van der Waals surface area contributed by atoms with Crippen LogP contribution in [-0.4, -0.2) is 66.5 Å². The minimum atomic E-state index is -1.48. The van der Waals surface area contributed by atoms with Gasteiger partial charge < -0.3 is 30.6 Å². The van der Waals surface area contributed by atoms with Crippen molar-refractivity contribution in [1.29, 1.82) is 0 Å². The van der Waals surface area contributed by atoms with E-state index in [-0.39, 0.29) is 29.2 Å². The SMILES string of the molecule is CC(CCC(CC(=O)O)C(=O)O)C(=O)O.O=C(O)c1cc(C(=O)O)c2ccccc2c1C(=O)O. The summed E-state index contributed by atoms with van der Waals surface area (Å²) in [6.45, 7) is 1.46. The largest absolute Gasteiger partial charge is 0.481 e. The minimum absolute atomic E-state index is 0.0646. The van der Waals surface area contributed by atoms with Gasteiger partial charge in [-0.3, -0.25) is 14.4 Å². The Morgan fingerprint density at radius 3 is 1.65 bits per heavy atom. The molecule has 0 aromatic heterocycles. The fourth-order valence-corrected chi connectivity index (χ4v) is 3.05. The molecular weight excluding hydrogens is 456 g/mol. The molecule has 0 bridgehead atoms. The highest BCUT2D eigenvalue weighted by Crippen LogP contribution is 2.27. The van der Waals surface area contributed by atoms with Crippen molar-refractivity contribution < 1.29 is 59.4 Å². The van der Waals surface area contributed by atoms with E-state index in [4.69, 9.17) is 30.6 Å². The number of hydrogen-bond donors (Lipinski definition) is 6. The van der Waals surface area contributed by atoms with Gasteiger partial charge in [-0.1, -0.05) is 31.2 Å². The standard InChI is InChI=1S/C13H8O6.C9H14O6/c14-11(15)8-5-9(12(16)17)10(13(18)19)7-4-2-1-3-6(7)8;1-5(8(12)13)2-3-6(9(14)15)4-7(10)11/h1-5H,(H,14,15)(H,16,17)(H,18,19);5-6H,2-4H2,1H3,(H,10,11)(H,12,13)(H,14,15). The molecule has 0 aliphatic rings. The van der Waals surface area contributed by atoms with Crippen LogP contribution in [0.4, 0.5) is 0 Å². The van der Waals surface area contributed by atoms with Crippen molar-refractivity contribution in [2.75, 3.05) is 0 Å². The molecule has 0 spiro atoms. The van der Waals surface area contributed by atoms with Crippen LogP contribution in [0.5, 0.6) is 0 Å². The Morgan fingerprint density at radius 2 is 1.24 bits per heavy atom. The molecule has 2 atom stereocenters. The topological polar surface area (TPSA) is 224 Å². The molecule has 2 unspecified atom stereocenters. The number of hydrogen-bond acceptors (Lipinski definition) is 6. The van der Waals surface area contributed by atoms with Crippen molar-refractivity contribution >= 4 is 46.6 Å². The monoisotopic (exact) mass is 478 g/mol. The van der Waals surface area contributed by atoms with Crippen LogP contribution in [0, 0.1) is 11.8 Å². The van der Waals surface area contributed by atoms with Crippen molar-refractivity contribution in [2.24, 2.45) is 11.8 Å². The van der Waals surface area contributed by atoms with Gasteiger partial charge in [-0.15, -0.1) is 0 Å². The quantitative estimate of drug-likeness (QED) is 0.290. The van der Waals surface area contributed by atoms with E-state index in [1.165, 1.54) is 25.1 Å². The van der Waals surface area contributed by atoms with Crippen molar-refractivity contribution in [3.8, 4) is 0 Å². The molecule has 0 heterocycles. The maximum Gasteiger partial charge on any atom is 0.337 e. The molecule has 2 aromatic carbocycles. The fourth-order valence-electron chi connectivity index (χ4n) is 3.05. The third-order valence-corrected chi connectivity index (χ3v) is 4.86. The molecule has 0 radical (unpaired) electrons. The summed E-state index contributed by atoms with van der Waals surface area (Å²) in [5.41, 5.74) is -1.19. The number of fused-ring (bicyclic) bond motifs is 1. The normalized spacial score (nSPS) is 12.0. The van der Waals surface area contributed by atoms with Gasteiger partial charge in [-0.25, -0.2) is 14.4 Å². The van der Waals surface area contributed by atoms with Gasteiger partial charge in [0.2, 0.25) is 0 Å². The van der Waals surface area contributed by atoms with E-state index < -0.39 is 65.2 Å². The number of benzene rings is 2. The smallest absolute Gasteiger partial charge is 0.337 e. The second-order valence-electron chi connectivity index (χ2n) is 7.26. The molecule has 0 aliphatic carbocycles. The first kappa shape index (κ1) is 27.6. The molecule has 0 aliphatic heterocycles. The molecule has 12 nitrogen and oxygen atoms in total. The third kappa shape index (κ3) is 7.29. The Hall–Kier alpha value is -4.48. The van der Waals surface area contributed by atoms with E-state index in [1.807, 2.05) is 0 Å². The minimum Gasteiger partial charge on any atom is -0.481 e. The van der Waals surface area contributed by atoms with Crippen molar-refractivity contribution in [1.82, 2.24) is 0 Å². The lowest BCUT2D eigenvalue weighted by molar-refractivity contribution is -0.149. The molecule has 6 N–H and O–H groups in total. The maximum atomic E-state index is 11.2. The molecule has 0 amide bonds. The Balaban J connectivity index is 0.000000352. The van der Waals surface area contributed by atoms with Crippen LogP contribution in [0.3, 0.4) is 0 Å². The summed E-state index contributed by atoms with van der Waals surface area (Å²) in [5.74, 6) is -9.26. The van der Waals surface area contributed by atoms with Gasteiger partial charge in [-0.05, 0) is 29.7 Å². The van der Waals surface area contributed by atoms with Gasteiger partial charge in [0.05, 0.1) is 34.9 Å². The lowest BCUT2D eigenvalue weighted by Gasteiger charge is -2.11. The summed E-state index contributed by atoms with van der Waals surface area (Å²) < 4.78 is 0. The fraction of sp³-hybridized carbons (Fsp3) is 0.273. The number of aromatic carboxylic acids is 3. The third-order valence-electron chi connectivity index (χ3n) is 4.86. The predicted molar refractivity (Wildman–Crippen MR) is 114 cm³/mol. The first-order valence-electron chi connectivity index (χ1n) is 9.70. The Labute approximate surface area is 191 Å². The molecular formula is C22H22O12. The lowest BCUT2D eigenvalue weighted by Crippen LogP contribution is -2.20. The molecule has 0 saturated heterocycles. The lowest BCUT2D eigenvalue weighted by atomic mass is 9.94. The number of carboxylic acids is 6. The first-order chi connectivity index (χ1) is 15.8. The Kier molecular flexibility index (Phi) is 9.68. The second kappa shape index (κ2) is 11.9. The molecule has 2 aromatic rings. The highest BCUT2D eigenvalue weighted by atomic mass is 16.4. The molecule has 2 rings (SSSR count). The zero-order valence-corrected chi connectivity index (χ0v) is 17.8. The van der Waals surface area contributed by atoms with Gasteiger partial charge in [0.1, 0.15) is 0 Å². The van der Waals surface area contributed by atoms with Crippen molar-refractivity contribution in [2.45, 2.75) is 26.2 Å². The van der Waals surface area contributed by atoms with Crippen LogP contribution in [0.2, 0.25) is 0 Å². The average molecular weight is 478 g/mol. The highest BCUT2D eigenvalue weighted by molar-refractivity contribution is 6.16. The van der Waals surface area contributed by atoms with Crippen LogP contribution in [0.15, 0.2) is 30.3 Å². The summed E-state index contributed by atoms with van der Waals surface area (Å²) in [7, 11) is 0. The summed E-state index contributed by atoms with van der Waals surface area (Å²) in [5, 5.41) is 53.2. The zero-order chi connectivity index (χ0) is 26.2. The number of carbonyl (C=O) groups is 6. The molecule has 182 valence electrons. The Bertz CT molecular complexity index is 1130. The number of aliphatic carboxylic acids is 3. The van der Waals surface area contributed by atoms with Crippen LogP contribution in [0.1, 0.15) is 57.3 Å². The van der Waals surface area contributed by atoms with E-state index in [2.05, 4.69) is 0 Å². The van der Waals surface area contributed by atoms with E-state index >= 15 is 0 Å². The van der Waals surface area contributed by atoms with Gasteiger partial charge in [0.25, 0.3) is 0 Å². The molecule has 34 heavy (non-hydrogen) atoms. The van der Waals surface area contributed by atoms with E-state index in [0.29, 0.717) is 0 Å². The van der Waals surface area contributed by atoms with Gasteiger partial charge in [0.15, 0.2) is 0 Å². The molecule has 12 heteroatoms. The summed E-state index contributed by atoms with van der Waals surface area (Å²) in [6, 6.07) is 6.78. The first-order valence-corrected chi connectivity index (χ1v) is 9.70. The molecule has 0 saturated carbocycles. The highest BCUT2D eigenvalue weighted by Gasteiger charge is 2.24. The van der Waals surface area contributed by atoms with Crippen LogP contribution >= 0.6 is 0 Å². The van der Waals surface area contributed by atoms with Gasteiger partial charge in [-0.2, -0.15) is 0 Å². The van der Waals surface area contributed by atoms with Crippen molar-refractivity contribution in [3.05, 3.63) is 47.0 Å². The van der Waals surface area contributed by atoms with E-state index in [0.717, 1.165) is 6.07 Å². The van der Waals surface area contributed by atoms with E-state index in [1.54, 1.807) is 6.07 Å². The van der Waals surface area contributed by atoms with Crippen LogP contribution < -0.4 is 0 Å². The predicted octanol–water partition coefficient (Wildman–Crippen LogP) is 2.60. The van der Waals surface area contributed by atoms with Crippen molar-refractivity contribution in [3.63, 3.8) is 0 Å². The number of carboxylic acid groups (broad SMARTS) is 6. The average Bonchev–Trinajstić information content (AvgIpc) is 2.74. The zero-order valence-electron chi connectivity index (χ0n) is 17.8. The Morgan fingerprint density at radius 1 is 0.706 bits per heavy atom. The summed E-state index contributed by atoms with van der Waals surface area (Å²) in [6.07, 6.45) is -0.240. The number of rotatable bonds is 10. The summed E-state index contributed by atoms with van der Waals surface area (Å²) in [4.78, 5) is 64.8. The van der Waals surface area contributed by atoms with E-state index in [9.17, 15) is 28.8 Å². The van der Waals surface area contributed by atoms with Gasteiger partial charge >= 0.3 is 35.8 Å². The summed E-state index contributed by atoms with van der Waals surface area (Å²) >= 11 is 0. The molecule has 0 fully saturated rings. The van der Waals surface area contributed by atoms with Crippen LogP contribution in [0.25, 0.3) is 10.8 Å². The van der Waals surface area contributed by atoms with Crippen LogP contribution in [-0.2, 0) is 14.4 Å². The van der Waals surface area contributed by atoms with Gasteiger partial charge in [0, 0.05) is 0 Å².